The molecule has 0 aliphatic heterocycles. The van der Waals surface area contributed by atoms with Crippen LogP contribution in [-0.2, 0) is 6.42 Å². The summed E-state index contributed by atoms with van der Waals surface area (Å²) in [6.07, 6.45) is 2.82. The van der Waals surface area contributed by atoms with Gasteiger partial charge in [0.1, 0.15) is 5.82 Å². The molecule has 0 aliphatic rings. The van der Waals surface area contributed by atoms with E-state index in [0.29, 0.717) is 5.02 Å². The molecule has 4 heteroatoms. The van der Waals surface area contributed by atoms with Crippen LogP contribution < -0.4 is 5.32 Å². The molecular weight excluding hydrogens is 305 g/mol. The molecule has 112 valence electrons. The number of nitrogens with one attached hydrogen (secondary N) is 1. The number of rotatable bonds is 6. The van der Waals surface area contributed by atoms with Crippen LogP contribution in [0.5, 0.6) is 0 Å². The molecule has 0 heterocycles. The summed E-state index contributed by atoms with van der Waals surface area (Å²) in [5.74, 6) is -0.298. The predicted molar refractivity (Wildman–Crippen MR) is 89.8 cm³/mol. The molecule has 1 atom stereocenters. The van der Waals surface area contributed by atoms with Crippen molar-refractivity contribution in [2.45, 2.75) is 24.3 Å². The van der Waals surface area contributed by atoms with Gasteiger partial charge in [0.05, 0.1) is 0 Å². The number of likely N-dealkylation sites (N-methyl/N-ethyl adjacent to an activating group) is 1. The molecule has 0 saturated carbocycles. The highest BCUT2D eigenvalue weighted by Crippen LogP contribution is 2.30. The zero-order valence-electron chi connectivity index (χ0n) is 12.2. The molecule has 2 rings (SSSR count). The molecule has 2 aromatic rings. The fraction of sp³-hybridized carbons (Fsp3) is 0.294. The monoisotopic (exact) mass is 323 g/mol. The summed E-state index contributed by atoms with van der Waals surface area (Å²) in [6.45, 7) is 2.95. The van der Waals surface area contributed by atoms with E-state index in [4.69, 9.17) is 11.6 Å². The summed E-state index contributed by atoms with van der Waals surface area (Å²) in [4.78, 5) is 1.25. The number of halogens is 2. The SMILES string of the molecule is CCNC(Cc1ccc(F)cc1Cl)c1ccccc1SC. The van der Waals surface area contributed by atoms with Gasteiger partial charge in [-0.1, -0.05) is 42.8 Å². The van der Waals surface area contributed by atoms with Crippen molar-refractivity contribution in [3.63, 3.8) is 0 Å². The van der Waals surface area contributed by atoms with E-state index in [1.807, 2.05) is 12.1 Å². The zero-order chi connectivity index (χ0) is 15.2. The largest absolute Gasteiger partial charge is 0.310 e. The fourth-order valence-corrected chi connectivity index (χ4v) is 3.30. The van der Waals surface area contributed by atoms with Gasteiger partial charge in [-0.05, 0) is 48.5 Å². The van der Waals surface area contributed by atoms with Gasteiger partial charge in [-0.2, -0.15) is 0 Å². The van der Waals surface area contributed by atoms with Gasteiger partial charge in [0.2, 0.25) is 0 Å². The van der Waals surface area contributed by atoms with Gasteiger partial charge in [-0.25, -0.2) is 4.39 Å². The Morgan fingerprint density at radius 1 is 1.24 bits per heavy atom. The van der Waals surface area contributed by atoms with Crippen LogP contribution in [0, 0.1) is 5.82 Å². The number of hydrogen-bond acceptors (Lipinski definition) is 2. The maximum absolute atomic E-state index is 13.2. The minimum absolute atomic E-state index is 0.168. The van der Waals surface area contributed by atoms with Crippen molar-refractivity contribution in [3.05, 3.63) is 64.4 Å². The Morgan fingerprint density at radius 3 is 2.67 bits per heavy atom. The van der Waals surface area contributed by atoms with E-state index in [-0.39, 0.29) is 11.9 Å². The van der Waals surface area contributed by atoms with Gasteiger partial charge >= 0.3 is 0 Å². The lowest BCUT2D eigenvalue weighted by molar-refractivity contribution is 0.541. The zero-order valence-corrected chi connectivity index (χ0v) is 13.8. The first kappa shape index (κ1) is 16.3. The first-order valence-electron chi connectivity index (χ1n) is 6.96. The van der Waals surface area contributed by atoms with E-state index in [0.717, 1.165) is 18.5 Å². The second-order valence-corrected chi connectivity index (χ2v) is 6.05. The Morgan fingerprint density at radius 2 is 2.00 bits per heavy atom. The highest BCUT2D eigenvalue weighted by Gasteiger charge is 2.16. The molecule has 0 aromatic heterocycles. The molecule has 0 amide bonds. The predicted octanol–water partition coefficient (Wildman–Crippen LogP) is 5.09. The lowest BCUT2D eigenvalue weighted by Gasteiger charge is -2.21. The molecule has 1 nitrogen and oxygen atoms in total. The van der Waals surface area contributed by atoms with Crippen LogP contribution in [0.2, 0.25) is 5.02 Å². The lowest BCUT2D eigenvalue weighted by atomic mass is 9.98. The van der Waals surface area contributed by atoms with E-state index in [9.17, 15) is 4.39 Å². The molecule has 2 aromatic carbocycles. The Bertz CT molecular complexity index is 603. The Kier molecular flexibility index (Phi) is 6.09. The molecule has 0 fully saturated rings. The van der Waals surface area contributed by atoms with Crippen molar-refractivity contribution in [1.82, 2.24) is 5.32 Å². The Hall–Kier alpha value is -1.03. The lowest BCUT2D eigenvalue weighted by Crippen LogP contribution is -2.23. The minimum Gasteiger partial charge on any atom is -0.310 e. The van der Waals surface area contributed by atoms with Crippen molar-refractivity contribution in [2.75, 3.05) is 12.8 Å². The van der Waals surface area contributed by atoms with Crippen LogP contribution in [0.3, 0.4) is 0 Å². The van der Waals surface area contributed by atoms with Crippen molar-refractivity contribution < 1.29 is 4.39 Å². The molecule has 0 saturated heterocycles. The number of thioether (sulfide) groups is 1. The van der Waals surface area contributed by atoms with Crippen LogP contribution >= 0.6 is 23.4 Å². The van der Waals surface area contributed by atoms with E-state index in [2.05, 4.69) is 30.6 Å². The van der Waals surface area contributed by atoms with E-state index in [1.54, 1.807) is 17.8 Å². The smallest absolute Gasteiger partial charge is 0.124 e. The van der Waals surface area contributed by atoms with Crippen LogP contribution in [0.15, 0.2) is 47.4 Å². The first-order valence-corrected chi connectivity index (χ1v) is 8.56. The van der Waals surface area contributed by atoms with Crippen LogP contribution in [0.4, 0.5) is 4.39 Å². The average molecular weight is 324 g/mol. The fourth-order valence-electron chi connectivity index (χ4n) is 2.40. The van der Waals surface area contributed by atoms with Gasteiger partial charge in [0.25, 0.3) is 0 Å². The van der Waals surface area contributed by atoms with Crippen molar-refractivity contribution in [2.24, 2.45) is 0 Å². The second kappa shape index (κ2) is 7.83. The Balaban J connectivity index is 2.30. The first-order chi connectivity index (χ1) is 10.2. The maximum Gasteiger partial charge on any atom is 0.124 e. The Labute approximate surface area is 134 Å². The van der Waals surface area contributed by atoms with Gasteiger partial charge in [-0.3, -0.25) is 0 Å². The van der Waals surface area contributed by atoms with Gasteiger partial charge < -0.3 is 5.32 Å². The van der Waals surface area contributed by atoms with Gasteiger partial charge in [-0.15, -0.1) is 11.8 Å². The summed E-state index contributed by atoms with van der Waals surface area (Å²) in [5.41, 5.74) is 2.21. The minimum atomic E-state index is -0.298. The maximum atomic E-state index is 13.2. The van der Waals surface area contributed by atoms with Crippen LogP contribution in [0.1, 0.15) is 24.1 Å². The average Bonchev–Trinajstić information content (AvgIpc) is 2.49. The van der Waals surface area contributed by atoms with Crippen LogP contribution in [0.25, 0.3) is 0 Å². The number of hydrogen-bond donors (Lipinski definition) is 1. The van der Waals surface area contributed by atoms with Gasteiger partial charge in [0.15, 0.2) is 0 Å². The summed E-state index contributed by atoms with van der Waals surface area (Å²) in [6, 6.07) is 13.1. The molecule has 1 unspecified atom stereocenters. The normalized spacial score (nSPS) is 12.4. The topological polar surface area (TPSA) is 12.0 Å². The number of benzene rings is 2. The van der Waals surface area contributed by atoms with Crippen LogP contribution in [-0.4, -0.2) is 12.8 Å². The van der Waals surface area contributed by atoms with Crippen molar-refractivity contribution >= 4 is 23.4 Å². The molecule has 0 bridgehead atoms. The third-order valence-electron chi connectivity index (χ3n) is 3.40. The quantitative estimate of drug-likeness (QED) is 0.743. The molecule has 0 radical (unpaired) electrons. The highest BCUT2D eigenvalue weighted by atomic mass is 35.5. The summed E-state index contributed by atoms with van der Waals surface area (Å²) < 4.78 is 13.2. The molecule has 21 heavy (non-hydrogen) atoms. The van der Waals surface area contributed by atoms with E-state index >= 15 is 0 Å². The standard InChI is InChI=1S/C17H19ClFNS/c1-3-20-16(14-6-4-5-7-17(14)21-2)10-12-8-9-13(19)11-15(12)18/h4-9,11,16,20H,3,10H2,1-2H3. The van der Waals surface area contributed by atoms with E-state index in [1.165, 1.54) is 22.6 Å². The molecule has 0 aliphatic carbocycles. The summed E-state index contributed by atoms with van der Waals surface area (Å²) in [7, 11) is 0. The molecule has 0 spiro atoms. The third kappa shape index (κ3) is 4.22. The van der Waals surface area contributed by atoms with Crippen molar-refractivity contribution in [1.29, 1.82) is 0 Å². The van der Waals surface area contributed by atoms with Gasteiger partial charge in [0, 0.05) is 16.0 Å². The van der Waals surface area contributed by atoms with Crippen molar-refractivity contribution in [3.8, 4) is 0 Å². The summed E-state index contributed by atoms with van der Waals surface area (Å²) >= 11 is 7.90. The second-order valence-electron chi connectivity index (χ2n) is 4.79. The molecule has 1 N–H and O–H groups in total. The van der Waals surface area contributed by atoms with E-state index < -0.39 is 0 Å². The molecular formula is C17H19ClFNS. The third-order valence-corrected chi connectivity index (χ3v) is 4.57. The summed E-state index contributed by atoms with van der Waals surface area (Å²) in [5, 5.41) is 3.98. The highest BCUT2D eigenvalue weighted by molar-refractivity contribution is 7.98.